The van der Waals surface area contributed by atoms with Gasteiger partial charge in [-0.25, -0.2) is 8.42 Å². The van der Waals surface area contributed by atoms with Crippen LogP contribution in [0.2, 0.25) is 15.1 Å². The maximum Gasteiger partial charge on any atom is 0.417 e. The number of sulfonamides is 1. The fourth-order valence-corrected chi connectivity index (χ4v) is 6.09. The molecule has 44 heavy (non-hydrogen) atoms. The van der Waals surface area contributed by atoms with Crippen molar-refractivity contribution in [1.29, 1.82) is 0 Å². The quantitative estimate of drug-likeness (QED) is 0.226. The molecule has 3 aromatic rings. The van der Waals surface area contributed by atoms with Crippen LogP contribution in [-0.4, -0.2) is 43.8 Å². The lowest BCUT2D eigenvalue weighted by molar-refractivity contribution is -0.139. The number of anilines is 1. The van der Waals surface area contributed by atoms with Crippen LogP contribution in [0.25, 0.3) is 0 Å². The van der Waals surface area contributed by atoms with Crippen LogP contribution in [-0.2, 0) is 32.3 Å². The molecule has 2 atom stereocenters. The highest BCUT2D eigenvalue weighted by molar-refractivity contribution is 7.92. The zero-order chi connectivity index (χ0) is 33.0. The Balaban J connectivity index is 2.13. The lowest BCUT2D eigenvalue weighted by Gasteiger charge is -2.32. The Kier molecular flexibility index (Phi) is 11.6. The number of carbonyl (C=O) groups excluding carboxylic acids is 2. The average molecular weight is 693 g/mol. The van der Waals surface area contributed by atoms with Gasteiger partial charge in [-0.3, -0.25) is 13.9 Å². The van der Waals surface area contributed by atoms with Crippen LogP contribution in [0.15, 0.2) is 65.6 Å². The Bertz CT molecular complexity index is 1620. The summed E-state index contributed by atoms with van der Waals surface area (Å²) in [6.45, 7) is 5.73. The molecule has 0 spiro atoms. The van der Waals surface area contributed by atoms with Gasteiger partial charge < -0.3 is 10.2 Å². The van der Waals surface area contributed by atoms with E-state index in [1.165, 1.54) is 43.3 Å². The Morgan fingerprint density at radius 1 is 0.909 bits per heavy atom. The minimum atomic E-state index is -4.90. The molecule has 0 aromatic heterocycles. The molecule has 0 aliphatic rings. The third-order valence-corrected chi connectivity index (χ3v) is 9.79. The van der Waals surface area contributed by atoms with Gasteiger partial charge in [0, 0.05) is 12.6 Å². The molecule has 238 valence electrons. The van der Waals surface area contributed by atoms with Crippen molar-refractivity contribution in [2.75, 3.05) is 10.8 Å². The maximum atomic E-state index is 14.0. The number of halogens is 6. The third-order valence-electron chi connectivity index (χ3n) is 6.94. The zero-order valence-corrected chi connectivity index (χ0v) is 27.3. The van der Waals surface area contributed by atoms with Crippen molar-refractivity contribution in [2.45, 2.75) is 63.8 Å². The number of nitrogens with zero attached hydrogens (tertiary/aromatic N) is 2. The summed E-state index contributed by atoms with van der Waals surface area (Å²) in [7, 11) is -4.59. The molecule has 0 aliphatic carbocycles. The lowest BCUT2D eigenvalue weighted by Crippen LogP contribution is -2.52. The average Bonchev–Trinajstić information content (AvgIpc) is 2.95. The molecule has 0 radical (unpaired) electrons. The molecule has 2 amide bonds. The van der Waals surface area contributed by atoms with E-state index >= 15 is 0 Å². The predicted molar refractivity (Wildman–Crippen MR) is 167 cm³/mol. The van der Waals surface area contributed by atoms with Gasteiger partial charge in [-0.1, -0.05) is 65.5 Å². The molecule has 3 rings (SSSR count). The normalized spacial score (nSPS) is 13.2. The number of amides is 2. The molecule has 0 saturated carbocycles. The van der Waals surface area contributed by atoms with Gasteiger partial charge in [0.1, 0.15) is 12.6 Å². The molecular weight excluding hydrogens is 662 g/mol. The molecule has 1 N–H and O–H groups in total. The van der Waals surface area contributed by atoms with Crippen molar-refractivity contribution in [1.82, 2.24) is 10.2 Å². The highest BCUT2D eigenvalue weighted by atomic mass is 35.5. The molecule has 14 heteroatoms. The highest BCUT2D eigenvalue weighted by Gasteiger charge is 2.37. The van der Waals surface area contributed by atoms with E-state index in [9.17, 15) is 31.2 Å². The number of benzene rings is 3. The fourth-order valence-electron chi connectivity index (χ4n) is 4.13. The molecule has 0 saturated heterocycles. The second-order valence-electron chi connectivity index (χ2n) is 10.3. The van der Waals surface area contributed by atoms with Crippen molar-refractivity contribution >= 4 is 62.3 Å². The van der Waals surface area contributed by atoms with Crippen molar-refractivity contribution in [3.8, 4) is 0 Å². The summed E-state index contributed by atoms with van der Waals surface area (Å²) in [5.41, 5.74) is -0.495. The number of carbonyl (C=O) groups is 2. The standard InChI is InChI=1S/C30H31Cl3F3N3O4S/c1-5-19(3)37-29(41)20(4)38(16-21-8-12-26(32)27(33)14-21)28(40)17-39(44(42,43)23-10-6-18(2)7-11-23)22-9-13-25(31)24(15-22)30(34,35)36/h6-15,19-20H,5,16-17H2,1-4H3,(H,37,41)/t19-,20-/m0/s1. The number of alkyl halides is 3. The van der Waals surface area contributed by atoms with E-state index in [-0.39, 0.29) is 27.5 Å². The van der Waals surface area contributed by atoms with Crippen LogP contribution in [0.4, 0.5) is 18.9 Å². The van der Waals surface area contributed by atoms with Crippen LogP contribution in [0.1, 0.15) is 43.9 Å². The minimum Gasteiger partial charge on any atom is -0.352 e. The number of hydrogen-bond acceptors (Lipinski definition) is 4. The second kappa shape index (κ2) is 14.4. The third kappa shape index (κ3) is 8.59. The highest BCUT2D eigenvalue weighted by Crippen LogP contribution is 2.38. The maximum absolute atomic E-state index is 14.0. The van der Waals surface area contributed by atoms with E-state index in [1.807, 2.05) is 6.92 Å². The van der Waals surface area contributed by atoms with E-state index in [0.717, 1.165) is 22.6 Å². The first-order valence-corrected chi connectivity index (χ1v) is 16.0. The van der Waals surface area contributed by atoms with E-state index in [1.54, 1.807) is 19.9 Å². The molecule has 0 heterocycles. The predicted octanol–water partition coefficient (Wildman–Crippen LogP) is 7.50. The van der Waals surface area contributed by atoms with Gasteiger partial charge >= 0.3 is 6.18 Å². The van der Waals surface area contributed by atoms with Gasteiger partial charge in [0.25, 0.3) is 10.0 Å². The second-order valence-corrected chi connectivity index (χ2v) is 13.3. The number of hydrogen-bond donors (Lipinski definition) is 1. The van der Waals surface area contributed by atoms with Gasteiger partial charge in [0.05, 0.1) is 31.2 Å². The van der Waals surface area contributed by atoms with Gasteiger partial charge in [-0.15, -0.1) is 0 Å². The summed E-state index contributed by atoms with van der Waals surface area (Å²) >= 11 is 18.0. The molecule has 7 nitrogen and oxygen atoms in total. The first-order chi connectivity index (χ1) is 20.4. The van der Waals surface area contributed by atoms with E-state index in [0.29, 0.717) is 22.4 Å². The van der Waals surface area contributed by atoms with Crippen LogP contribution in [0.5, 0.6) is 0 Å². The first-order valence-electron chi connectivity index (χ1n) is 13.5. The number of nitrogens with one attached hydrogen (secondary N) is 1. The summed E-state index contributed by atoms with van der Waals surface area (Å²) < 4.78 is 69.7. The van der Waals surface area contributed by atoms with Gasteiger partial charge in [0.15, 0.2) is 0 Å². The summed E-state index contributed by atoms with van der Waals surface area (Å²) in [5.74, 6) is -1.37. The van der Waals surface area contributed by atoms with Gasteiger partial charge in [-0.05, 0) is 75.2 Å². The van der Waals surface area contributed by atoms with Crippen LogP contribution >= 0.6 is 34.8 Å². The molecular formula is C30H31Cl3F3N3O4S. The lowest BCUT2D eigenvalue weighted by atomic mass is 10.1. The smallest absolute Gasteiger partial charge is 0.352 e. The molecule has 0 bridgehead atoms. The van der Waals surface area contributed by atoms with E-state index < -0.39 is 56.9 Å². The zero-order valence-electron chi connectivity index (χ0n) is 24.3. The minimum absolute atomic E-state index is 0.183. The van der Waals surface area contributed by atoms with E-state index in [4.69, 9.17) is 34.8 Å². The van der Waals surface area contributed by atoms with Crippen LogP contribution in [0.3, 0.4) is 0 Å². The first kappa shape index (κ1) is 35.5. The molecule has 0 fully saturated rings. The van der Waals surface area contributed by atoms with E-state index in [2.05, 4.69) is 5.32 Å². The Labute approximate surface area is 269 Å². The molecule has 0 unspecified atom stereocenters. The summed E-state index contributed by atoms with van der Waals surface area (Å²) in [6, 6.07) is 11.5. The van der Waals surface area contributed by atoms with Crippen molar-refractivity contribution in [2.24, 2.45) is 0 Å². The van der Waals surface area contributed by atoms with Crippen molar-refractivity contribution in [3.63, 3.8) is 0 Å². The molecule has 0 aliphatic heterocycles. The Morgan fingerprint density at radius 2 is 1.52 bits per heavy atom. The van der Waals surface area contributed by atoms with Crippen molar-refractivity contribution < 1.29 is 31.2 Å². The Morgan fingerprint density at radius 3 is 2.09 bits per heavy atom. The monoisotopic (exact) mass is 691 g/mol. The molecule has 3 aromatic carbocycles. The topological polar surface area (TPSA) is 86.8 Å². The van der Waals surface area contributed by atoms with Crippen molar-refractivity contribution in [3.05, 3.63) is 92.4 Å². The van der Waals surface area contributed by atoms with Crippen LogP contribution in [0, 0.1) is 6.92 Å². The number of aryl methyl sites for hydroxylation is 1. The van der Waals surface area contributed by atoms with Gasteiger partial charge in [0.2, 0.25) is 11.8 Å². The summed E-state index contributed by atoms with van der Waals surface area (Å²) in [4.78, 5) is 28.0. The Hall–Kier alpha value is -2.99. The van der Waals surface area contributed by atoms with Crippen LogP contribution < -0.4 is 9.62 Å². The summed E-state index contributed by atoms with van der Waals surface area (Å²) in [5, 5.41) is 2.61. The SMILES string of the molecule is CC[C@H](C)NC(=O)[C@H](C)N(Cc1ccc(Cl)c(Cl)c1)C(=O)CN(c1ccc(Cl)c(C(F)(F)F)c1)S(=O)(=O)c1ccc(C)cc1. The summed E-state index contributed by atoms with van der Waals surface area (Å²) in [6.07, 6.45) is -4.29. The van der Waals surface area contributed by atoms with Gasteiger partial charge in [-0.2, -0.15) is 13.2 Å². The largest absolute Gasteiger partial charge is 0.417 e. The fraction of sp³-hybridized carbons (Fsp3) is 0.333. The number of rotatable bonds is 11.